The molecule has 1 atom stereocenters. The molecular weight excluding hydrogens is 274 g/mol. The van der Waals surface area contributed by atoms with Gasteiger partial charge in [-0.1, -0.05) is 17.7 Å². The van der Waals surface area contributed by atoms with Gasteiger partial charge in [-0.25, -0.2) is 4.79 Å². The normalized spacial score (nSPS) is 16.8. The van der Waals surface area contributed by atoms with Crippen molar-refractivity contribution in [3.63, 3.8) is 0 Å². The molecule has 1 unspecified atom stereocenters. The molecule has 0 saturated carbocycles. The molecule has 20 heavy (non-hydrogen) atoms. The molecule has 0 fully saturated rings. The summed E-state index contributed by atoms with van der Waals surface area (Å²) in [6.07, 6.45) is 1.91. The van der Waals surface area contributed by atoms with Crippen molar-refractivity contribution in [1.82, 2.24) is 0 Å². The largest absolute Gasteiger partial charge is 0.478 e. The van der Waals surface area contributed by atoms with Crippen LogP contribution in [0.2, 0.25) is 5.02 Å². The highest BCUT2D eigenvalue weighted by atomic mass is 35.5. The Balaban J connectivity index is 1.70. The van der Waals surface area contributed by atoms with Crippen LogP contribution in [0.5, 0.6) is 0 Å². The van der Waals surface area contributed by atoms with Gasteiger partial charge in [-0.3, -0.25) is 0 Å². The van der Waals surface area contributed by atoms with Crippen LogP contribution in [0.1, 0.15) is 21.5 Å². The Hall–Kier alpha value is -2.00. The van der Waals surface area contributed by atoms with Crippen molar-refractivity contribution in [3.8, 4) is 0 Å². The van der Waals surface area contributed by atoms with E-state index < -0.39 is 5.97 Å². The lowest BCUT2D eigenvalue weighted by atomic mass is 10.1. The number of aromatic carboxylic acids is 1. The first-order valence-corrected chi connectivity index (χ1v) is 6.87. The maximum atomic E-state index is 10.8. The van der Waals surface area contributed by atoms with Gasteiger partial charge in [-0.15, -0.1) is 0 Å². The van der Waals surface area contributed by atoms with Crippen LogP contribution in [0.3, 0.4) is 0 Å². The van der Waals surface area contributed by atoms with E-state index in [1.54, 1.807) is 24.3 Å². The average Bonchev–Trinajstić information content (AvgIpc) is 2.80. The number of hydrogen-bond donors (Lipinski definition) is 2. The zero-order valence-electron chi connectivity index (χ0n) is 10.8. The zero-order valence-corrected chi connectivity index (χ0v) is 11.5. The number of carbonyl (C=O) groups is 1. The standard InChI is InChI=1S/C16H14ClNO2/c17-13-4-1-11-8-15(9-12(11)7-13)18-14-5-2-10(3-6-14)16(19)20/h1-7,15,18H,8-9H2,(H,19,20). The number of fused-ring (bicyclic) bond motifs is 1. The Kier molecular flexibility index (Phi) is 3.36. The topological polar surface area (TPSA) is 49.3 Å². The van der Waals surface area contributed by atoms with E-state index in [2.05, 4.69) is 11.4 Å². The molecule has 0 bridgehead atoms. The van der Waals surface area contributed by atoms with Crippen molar-refractivity contribution >= 4 is 23.3 Å². The van der Waals surface area contributed by atoms with E-state index in [1.165, 1.54) is 11.1 Å². The predicted octanol–water partition coefficient (Wildman–Crippen LogP) is 3.62. The lowest BCUT2D eigenvalue weighted by molar-refractivity contribution is 0.0697. The maximum absolute atomic E-state index is 10.8. The first kappa shape index (κ1) is 13.0. The number of nitrogens with one attached hydrogen (secondary N) is 1. The number of benzene rings is 2. The van der Waals surface area contributed by atoms with Crippen molar-refractivity contribution in [2.24, 2.45) is 0 Å². The van der Waals surface area contributed by atoms with E-state index in [9.17, 15) is 4.79 Å². The second-order valence-electron chi connectivity index (χ2n) is 5.05. The third kappa shape index (κ3) is 2.63. The first-order valence-electron chi connectivity index (χ1n) is 6.49. The molecule has 3 rings (SSSR count). The fourth-order valence-electron chi connectivity index (χ4n) is 2.63. The number of anilines is 1. The first-order chi connectivity index (χ1) is 9.61. The van der Waals surface area contributed by atoms with Gasteiger partial charge in [0, 0.05) is 16.8 Å². The second-order valence-corrected chi connectivity index (χ2v) is 5.48. The smallest absolute Gasteiger partial charge is 0.335 e. The summed E-state index contributed by atoms with van der Waals surface area (Å²) in [6.45, 7) is 0. The monoisotopic (exact) mass is 287 g/mol. The van der Waals surface area contributed by atoms with E-state index in [-0.39, 0.29) is 0 Å². The van der Waals surface area contributed by atoms with Crippen molar-refractivity contribution in [2.45, 2.75) is 18.9 Å². The Bertz CT molecular complexity index is 652. The van der Waals surface area contributed by atoms with Crippen molar-refractivity contribution in [2.75, 3.05) is 5.32 Å². The zero-order chi connectivity index (χ0) is 14.1. The highest BCUT2D eigenvalue weighted by Gasteiger charge is 2.21. The summed E-state index contributed by atoms with van der Waals surface area (Å²) in [6, 6.07) is 13.2. The number of rotatable bonds is 3. The minimum absolute atomic E-state index is 0.303. The maximum Gasteiger partial charge on any atom is 0.335 e. The Morgan fingerprint density at radius 2 is 1.80 bits per heavy atom. The molecule has 0 amide bonds. The van der Waals surface area contributed by atoms with Crippen LogP contribution in [0.15, 0.2) is 42.5 Å². The average molecular weight is 288 g/mol. The number of carboxylic acids is 1. The number of halogens is 1. The fraction of sp³-hybridized carbons (Fsp3) is 0.188. The molecule has 2 N–H and O–H groups in total. The predicted molar refractivity (Wildman–Crippen MR) is 79.7 cm³/mol. The third-order valence-corrected chi connectivity index (χ3v) is 3.84. The van der Waals surface area contributed by atoms with E-state index >= 15 is 0 Å². The van der Waals surface area contributed by atoms with Crippen LogP contribution < -0.4 is 5.32 Å². The minimum atomic E-state index is -0.903. The second kappa shape index (κ2) is 5.17. The Labute approximate surface area is 122 Å². The Morgan fingerprint density at radius 3 is 2.50 bits per heavy atom. The van der Waals surface area contributed by atoms with E-state index in [0.717, 1.165) is 23.6 Å². The molecule has 0 saturated heterocycles. The lowest BCUT2D eigenvalue weighted by Gasteiger charge is -2.13. The molecule has 4 heteroatoms. The van der Waals surface area contributed by atoms with Gasteiger partial charge >= 0.3 is 5.97 Å². The number of carboxylic acid groups (broad SMARTS) is 1. The highest BCUT2D eigenvalue weighted by molar-refractivity contribution is 6.30. The van der Waals surface area contributed by atoms with Gasteiger partial charge in [-0.05, 0) is 60.4 Å². The van der Waals surface area contributed by atoms with Gasteiger partial charge in [0.1, 0.15) is 0 Å². The van der Waals surface area contributed by atoms with E-state index in [1.807, 2.05) is 12.1 Å². The number of hydrogen-bond acceptors (Lipinski definition) is 2. The van der Waals surface area contributed by atoms with Gasteiger partial charge in [0.25, 0.3) is 0 Å². The molecule has 1 aliphatic rings. The third-order valence-electron chi connectivity index (χ3n) is 3.60. The summed E-state index contributed by atoms with van der Waals surface area (Å²) in [5.41, 5.74) is 3.86. The molecule has 102 valence electrons. The van der Waals surface area contributed by atoms with Gasteiger partial charge in [-0.2, -0.15) is 0 Å². The lowest BCUT2D eigenvalue weighted by Crippen LogP contribution is -2.19. The Morgan fingerprint density at radius 1 is 1.10 bits per heavy atom. The van der Waals surface area contributed by atoms with Crippen LogP contribution in [0.4, 0.5) is 5.69 Å². The summed E-state index contributed by atoms with van der Waals surface area (Å²) in [5, 5.41) is 13.1. The van der Waals surface area contributed by atoms with Crippen LogP contribution in [-0.4, -0.2) is 17.1 Å². The molecule has 0 aliphatic heterocycles. The quantitative estimate of drug-likeness (QED) is 0.906. The van der Waals surface area contributed by atoms with Crippen LogP contribution in [-0.2, 0) is 12.8 Å². The van der Waals surface area contributed by atoms with Crippen LogP contribution in [0.25, 0.3) is 0 Å². The summed E-state index contributed by atoms with van der Waals surface area (Å²) < 4.78 is 0. The van der Waals surface area contributed by atoms with E-state index in [4.69, 9.17) is 16.7 Å². The molecule has 2 aromatic carbocycles. The van der Waals surface area contributed by atoms with Crippen LogP contribution >= 0.6 is 11.6 Å². The molecule has 0 radical (unpaired) electrons. The highest BCUT2D eigenvalue weighted by Crippen LogP contribution is 2.27. The SMILES string of the molecule is O=C(O)c1ccc(NC2Cc3ccc(Cl)cc3C2)cc1. The molecule has 3 nitrogen and oxygen atoms in total. The summed E-state index contributed by atoms with van der Waals surface area (Å²) in [4.78, 5) is 10.8. The van der Waals surface area contributed by atoms with Crippen molar-refractivity contribution < 1.29 is 9.90 Å². The van der Waals surface area contributed by atoms with Crippen molar-refractivity contribution in [3.05, 3.63) is 64.2 Å². The summed E-state index contributed by atoms with van der Waals surface area (Å²) >= 11 is 6.00. The van der Waals surface area contributed by atoms with Gasteiger partial charge in [0.05, 0.1) is 5.56 Å². The molecule has 0 spiro atoms. The molecular formula is C16H14ClNO2. The molecule has 0 heterocycles. The van der Waals surface area contributed by atoms with Crippen LogP contribution in [0, 0.1) is 0 Å². The van der Waals surface area contributed by atoms with Gasteiger partial charge in [0.15, 0.2) is 0 Å². The fourth-order valence-corrected chi connectivity index (χ4v) is 2.83. The van der Waals surface area contributed by atoms with Gasteiger partial charge in [0.2, 0.25) is 0 Å². The van der Waals surface area contributed by atoms with Crippen molar-refractivity contribution in [1.29, 1.82) is 0 Å². The molecule has 2 aromatic rings. The molecule has 0 aromatic heterocycles. The summed E-state index contributed by atoms with van der Waals surface area (Å²) in [7, 11) is 0. The molecule has 1 aliphatic carbocycles. The summed E-state index contributed by atoms with van der Waals surface area (Å²) in [5.74, 6) is -0.903. The minimum Gasteiger partial charge on any atom is -0.478 e. The van der Waals surface area contributed by atoms with Gasteiger partial charge < -0.3 is 10.4 Å². The van der Waals surface area contributed by atoms with E-state index in [0.29, 0.717) is 11.6 Å².